The number of hydrogen-bond donors (Lipinski definition) is 1. The van der Waals surface area contributed by atoms with Crippen molar-refractivity contribution >= 4 is 16.7 Å². The molecule has 0 saturated heterocycles. The highest BCUT2D eigenvalue weighted by atomic mass is 16.5. The first-order valence-electron chi connectivity index (χ1n) is 8.75. The van der Waals surface area contributed by atoms with Gasteiger partial charge in [0, 0.05) is 16.5 Å². The number of ether oxygens (including phenoxy) is 3. The molecule has 2 aromatic heterocycles. The summed E-state index contributed by atoms with van der Waals surface area (Å²) in [5.74, 6) is 0.890. The Hall–Kier alpha value is -3.94. The lowest BCUT2D eigenvalue weighted by Crippen LogP contribution is -2.07. The van der Waals surface area contributed by atoms with Gasteiger partial charge in [-0.25, -0.2) is 4.98 Å². The molecule has 0 aliphatic rings. The van der Waals surface area contributed by atoms with Crippen LogP contribution >= 0.6 is 0 Å². The van der Waals surface area contributed by atoms with E-state index >= 15 is 0 Å². The third kappa shape index (κ3) is 3.25. The number of ketones is 1. The van der Waals surface area contributed by atoms with E-state index in [0.29, 0.717) is 28.5 Å². The molecular weight excluding hydrogens is 372 g/mol. The number of rotatable bonds is 6. The number of carbonyl (C=O) groups excluding carboxylic acids is 1. The van der Waals surface area contributed by atoms with E-state index < -0.39 is 0 Å². The molecule has 0 atom stereocenters. The predicted molar refractivity (Wildman–Crippen MR) is 107 cm³/mol. The van der Waals surface area contributed by atoms with Crippen molar-refractivity contribution in [2.75, 3.05) is 21.3 Å². The fraction of sp³-hybridized carbons (Fsp3) is 0.143. The van der Waals surface area contributed by atoms with Crippen LogP contribution in [0.3, 0.4) is 0 Å². The number of nitrogens with one attached hydrogen (secondary N) is 1. The lowest BCUT2D eigenvalue weighted by atomic mass is 10.1. The van der Waals surface area contributed by atoms with E-state index in [1.807, 2.05) is 18.2 Å². The average molecular weight is 390 g/mol. The first kappa shape index (κ1) is 18.4. The Morgan fingerprint density at radius 1 is 0.966 bits per heavy atom. The van der Waals surface area contributed by atoms with Gasteiger partial charge in [0.2, 0.25) is 11.5 Å². The van der Waals surface area contributed by atoms with Gasteiger partial charge in [-0.15, -0.1) is 0 Å². The van der Waals surface area contributed by atoms with Crippen molar-refractivity contribution in [3.8, 4) is 28.5 Å². The van der Waals surface area contributed by atoms with Crippen molar-refractivity contribution in [2.45, 2.75) is 0 Å². The van der Waals surface area contributed by atoms with E-state index in [1.54, 1.807) is 24.5 Å². The molecule has 4 rings (SSSR count). The number of carbonyl (C=O) groups is 1. The summed E-state index contributed by atoms with van der Waals surface area (Å²) in [7, 11) is 4.50. The van der Waals surface area contributed by atoms with Gasteiger partial charge in [-0.2, -0.15) is 5.10 Å². The molecule has 29 heavy (non-hydrogen) atoms. The van der Waals surface area contributed by atoms with Crippen LogP contribution in [0.5, 0.6) is 17.2 Å². The maximum atomic E-state index is 13.1. The first-order chi connectivity index (χ1) is 14.2. The second-order valence-electron chi connectivity index (χ2n) is 6.17. The van der Waals surface area contributed by atoms with Crippen LogP contribution < -0.4 is 14.2 Å². The summed E-state index contributed by atoms with van der Waals surface area (Å²) in [5.41, 5.74) is 2.86. The van der Waals surface area contributed by atoms with Crippen molar-refractivity contribution in [1.82, 2.24) is 20.2 Å². The number of H-pyrrole nitrogens is 1. The minimum atomic E-state index is -0.307. The number of aromatic amines is 1. The van der Waals surface area contributed by atoms with Gasteiger partial charge < -0.3 is 14.2 Å². The summed E-state index contributed by atoms with van der Waals surface area (Å²) < 4.78 is 16.0. The number of hydrogen-bond acceptors (Lipinski definition) is 7. The standard InChI is InChI=1S/C21H18N4O4/c1-27-18-7-12(8-19(28-2)21(18)29-3)20(26)17-11-22-10-16(24-17)13-5-4-6-15-14(13)9-23-25-15/h4-11H,1-3H3,(H,23,25). The van der Waals surface area contributed by atoms with Gasteiger partial charge in [-0.05, 0) is 18.2 Å². The number of methoxy groups -OCH3 is 3. The van der Waals surface area contributed by atoms with E-state index in [0.717, 1.165) is 16.5 Å². The number of benzene rings is 2. The van der Waals surface area contributed by atoms with Crippen molar-refractivity contribution in [3.63, 3.8) is 0 Å². The highest BCUT2D eigenvalue weighted by Gasteiger charge is 2.20. The Labute approximate surface area is 166 Å². The van der Waals surface area contributed by atoms with Gasteiger partial charge in [0.15, 0.2) is 11.5 Å². The largest absolute Gasteiger partial charge is 0.493 e. The third-order valence-electron chi connectivity index (χ3n) is 4.55. The topological polar surface area (TPSA) is 99.2 Å². The van der Waals surface area contributed by atoms with Gasteiger partial charge >= 0.3 is 0 Å². The minimum absolute atomic E-state index is 0.206. The molecule has 0 unspecified atom stereocenters. The molecule has 0 aliphatic heterocycles. The van der Waals surface area contributed by atoms with Crippen LogP contribution in [0.2, 0.25) is 0 Å². The molecule has 0 spiro atoms. The van der Waals surface area contributed by atoms with E-state index in [-0.39, 0.29) is 11.5 Å². The summed E-state index contributed by atoms with van der Waals surface area (Å²) >= 11 is 0. The summed E-state index contributed by atoms with van der Waals surface area (Å²) in [6.07, 6.45) is 4.78. The van der Waals surface area contributed by atoms with Crippen LogP contribution in [-0.2, 0) is 0 Å². The van der Waals surface area contributed by atoms with Crippen LogP contribution in [0, 0.1) is 0 Å². The monoisotopic (exact) mass is 390 g/mol. The van der Waals surface area contributed by atoms with Crippen molar-refractivity contribution in [1.29, 1.82) is 0 Å². The molecule has 1 N–H and O–H groups in total. The Bertz CT molecular complexity index is 1180. The maximum Gasteiger partial charge on any atom is 0.213 e. The molecule has 8 heteroatoms. The van der Waals surface area contributed by atoms with Crippen LogP contribution in [-0.4, -0.2) is 47.3 Å². The lowest BCUT2D eigenvalue weighted by Gasteiger charge is -2.13. The van der Waals surface area contributed by atoms with E-state index in [1.165, 1.54) is 27.5 Å². The second kappa shape index (κ2) is 7.59. The van der Waals surface area contributed by atoms with Gasteiger partial charge in [-0.1, -0.05) is 12.1 Å². The van der Waals surface area contributed by atoms with Gasteiger partial charge in [0.1, 0.15) is 5.69 Å². The number of fused-ring (bicyclic) bond motifs is 1. The molecule has 2 heterocycles. The molecule has 2 aromatic carbocycles. The first-order valence-corrected chi connectivity index (χ1v) is 8.75. The fourth-order valence-corrected chi connectivity index (χ4v) is 3.16. The van der Waals surface area contributed by atoms with Crippen molar-refractivity contribution in [3.05, 3.63) is 60.2 Å². The molecule has 8 nitrogen and oxygen atoms in total. The molecular formula is C21H18N4O4. The molecule has 146 valence electrons. The highest BCUT2D eigenvalue weighted by molar-refractivity contribution is 6.08. The Morgan fingerprint density at radius 3 is 2.41 bits per heavy atom. The van der Waals surface area contributed by atoms with Gasteiger partial charge in [0.25, 0.3) is 0 Å². The zero-order valence-electron chi connectivity index (χ0n) is 16.1. The third-order valence-corrected chi connectivity index (χ3v) is 4.55. The van der Waals surface area contributed by atoms with E-state index in [2.05, 4.69) is 20.2 Å². The molecule has 0 radical (unpaired) electrons. The fourth-order valence-electron chi connectivity index (χ4n) is 3.16. The van der Waals surface area contributed by atoms with E-state index in [9.17, 15) is 4.79 Å². The SMILES string of the molecule is COc1cc(C(=O)c2cncc(-c3cccc4[nH]ncc34)n2)cc(OC)c1OC. The summed E-state index contributed by atoms with van der Waals surface area (Å²) in [6.45, 7) is 0. The summed E-state index contributed by atoms with van der Waals surface area (Å²) in [4.78, 5) is 21.9. The maximum absolute atomic E-state index is 13.1. The van der Waals surface area contributed by atoms with Crippen LogP contribution in [0.4, 0.5) is 0 Å². The van der Waals surface area contributed by atoms with Gasteiger partial charge in [-0.3, -0.25) is 14.9 Å². The predicted octanol–water partition coefficient (Wildman–Crippen LogP) is 3.28. The molecule has 0 fully saturated rings. The molecule has 4 aromatic rings. The van der Waals surface area contributed by atoms with Crippen LogP contribution in [0.1, 0.15) is 16.1 Å². The minimum Gasteiger partial charge on any atom is -0.493 e. The van der Waals surface area contributed by atoms with Gasteiger partial charge in [0.05, 0.1) is 51.1 Å². The molecule has 0 amide bonds. The molecule has 0 bridgehead atoms. The van der Waals surface area contributed by atoms with Crippen molar-refractivity contribution < 1.29 is 19.0 Å². The summed E-state index contributed by atoms with van der Waals surface area (Å²) in [6, 6.07) is 8.91. The van der Waals surface area contributed by atoms with Crippen LogP contribution in [0.25, 0.3) is 22.2 Å². The van der Waals surface area contributed by atoms with E-state index in [4.69, 9.17) is 14.2 Å². The zero-order valence-corrected chi connectivity index (χ0v) is 16.1. The molecule has 0 aliphatic carbocycles. The van der Waals surface area contributed by atoms with Crippen LogP contribution in [0.15, 0.2) is 48.9 Å². The lowest BCUT2D eigenvalue weighted by molar-refractivity contribution is 0.103. The highest BCUT2D eigenvalue weighted by Crippen LogP contribution is 2.38. The Morgan fingerprint density at radius 2 is 1.72 bits per heavy atom. The smallest absolute Gasteiger partial charge is 0.213 e. The quantitative estimate of drug-likeness (QED) is 0.504. The second-order valence-corrected chi connectivity index (χ2v) is 6.17. The number of nitrogens with zero attached hydrogens (tertiary/aromatic N) is 3. The zero-order chi connectivity index (χ0) is 20.4. The van der Waals surface area contributed by atoms with Crippen molar-refractivity contribution in [2.24, 2.45) is 0 Å². The Kier molecular flexibility index (Phi) is 4.82. The Balaban J connectivity index is 1.78. The normalized spacial score (nSPS) is 10.7. The summed E-state index contributed by atoms with van der Waals surface area (Å²) in [5, 5.41) is 7.89. The number of aromatic nitrogens is 4. The average Bonchev–Trinajstić information content (AvgIpc) is 3.26. The molecule has 0 saturated carbocycles.